The number of para-hydroxylation sites is 2. The Balaban J connectivity index is 1.80. The van der Waals surface area contributed by atoms with Gasteiger partial charge in [0.05, 0.1) is 24.1 Å². The van der Waals surface area contributed by atoms with Gasteiger partial charge in [-0.15, -0.1) is 11.3 Å². The van der Waals surface area contributed by atoms with Crippen molar-refractivity contribution in [3.63, 3.8) is 0 Å². The number of hydrogen-bond donors (Lipinski definition) is 0. The van der Waals surface area contributed by atoms with E-state index in [4.69, 9.17) is 9.72 Å². The molecule has 0 saturated carbocycles. The number of pyridine rings is 1. The van der Waals surface area contributed by atoms with E-state index in [1.54, 1.807) is 13.2 Å². The highest BCUT2D eigenvalue weighted by molar-refractivity contribution is 7.13. The predicted molar refractivity (Wildman–Crippen MR) is 150 cm³/mol. The van der Waals surface area contributed by atoms with Gasteiger partial charge in [-0.2, -0.15) is 0 Å². The summed E-state index contributed by atoms with van der Waals surface area (Å²) >= 11 is 1.42. The second kappa shape index (κ2) is 9.75. The molecule has 0 spiro atoms. The normalized spacial score (nSPS) is 14.5. The van der Waals surface area contributed by atoms with Crippen LogP contribution in [0.25, 0.3) is 27.5 Å². The number of nitrogens with zero attached hydrogens (tertiary/aromatic N) is 2. The van der Waals surface area contributed by atoms with Crippen LogP contribution in [0.4, 0.5) is 0 Å². The van der Waals surface area contributed by atoms with Crippen LogP contribution in [0, 0.1) is 5.41 Å². The minimum atomic E-state index is -0.217. The van der Waals surface area contributed by atoms with Gasteiger partial charge in [-0.05, 0) is 54.0 Å². The molecule has 5 rings (SSSR count). The van der Waals surface area contributed by atoms with Gasteiger partial charge in [-0.25, -0.2) is 4.98 Å². The summed E-state index contributed by atoms with van der Waals surface area (Å²) in [4.78, 5) is 32.7. The number of methoxy groups -OCH3 is 1. The number of fused-ring (bicyclic) bond motifs is 1. The number of carbonyl (C=O) groups excluding carboxylic acids is 1. The van der Waals surface area contributed by atoms with Gasteiger partial charge in [0, 0.05) is 28.6 Å². The Morgan fingerprint density at radius 3 is 2.32 bits per heavy atom. The van der Waals surface area contributed by atoms with E-state index < -0.39 is 0 Å². The van der Waals surface area contributed by atoms with Gasteiger partial charge in [0.15, 0.2) is 5.78 Å². The van der Waals surface area contributed by atoms with E-state index >= 15 is 0 Å². The third kappa shape index (κ3) is 4.44. The number of aryl methyl sites for hydroxylation is 2. The molecule has 2 aromatic carbocycles. The lowest BCUT2D eigenvalue weighted by atomic mass is 9.75. The fourth-order valence-electron chi connectivity index (χ4n) is 5.38. The van der Waals surface area contributed by atoms with Gasteiger partial charge in [-0.3, -0.25) is 14.2 Å². The highest BCUT2D eigenvalue weighted by Gasteiger charge is 2.35. The van der Waals surface area contributed by atoms with Crippen LogP contribution in [0.3, 0.4) is 0 Å². The summed E-state index contributed by atoms with van der Waals surface area (Å²) in [5, 5.41) is 2.55. The first-order chi connectivity index (χ1) is 17.8. The molecule has 0 radical (unpaired) electrons. The zero-order valence-corrected chi connectivity index (χ0v) is 22.9. The first-order valence-corrected chi connectivity index (χ1v) is 13.7. The predicted octanol–water partition coefficient (Wildman–Crippen LogP) is 6.92. The Labute approximate surface area is 221 Å². The molecular weight excluding hydrogens is 480 g/mol. The van der Waals surface area contributed by atoms with Crippen molar-refractivity contribution in [3.05, 3.63) is 86.6 Å². The lowest BCUT2D eigenvalue weighted by Gasteiger charge is -2.33. The number of ether oxygens (including phenoxy) is 1. The lowest BCUT2D eigenvalue weighted by molar-refractivity contribution is 0.0909. The van der Waals surface area contributed by atoms with E-state index in [2.05, 4.69) is 45.9 Å². The standard InChI is InChI=1S/C31H32N2O3S/c1-6-19-11-10-12-20(7-2)28(19)33-25-16-31(3,4)17-26(34)22(25)15-23(30(33)35)29-32-24(18-37-29)21-13-8-9-14-27(21)36-5/h8-15,18H,6-7,16-17H2,1-5H3. The fraction of sp³-hybridized carbons (Fsp3) is 0.323. The lowest BCUT2D eigenvalue weighted by Crippen LogP contribution is -2.35. The van der Waals surface area contributed by atoms with E-state index in [-0.39, 0.29) is 16.8 Å². The summed E-state index contributed by atoms with van der Waals surface area (Å²) in [6, 6.07) is 15.7. The molecule has 6 heteroatoms. The highest BCUT2D eigenvalue weighted by Crippen LogP contribution is 2.39. The Kier molecular flexibility index (Phi) is 6.63. The number of carbonyl (C=O) groups is 1. The Bertz CT molecular complexity index is 1540. The zero-order chi connectivity index (χ0) is 26.3. The number of thiazole rings is 1. The van der Waals surface area contributed by atoms with E-state index in [0.29, 0.717) is 29.0 Å². The fourth-order valence-corrected chi connectivity index (χ4v) is 6.21. The summed E-state index contributed by atoms with van der Waals surface area (Å²) in [7, 11) is 1.64. The van der Waals surface area contributed by atoms with Crippen molar-refractivity contribution in [1.29, 1.82) is 0 Å². The van der Waals surface area contributed by atoms with Gasteiger partial charge in [0.2, 0.25) is 0 Å². The number of ketones is 1. The third-order valence-corrected chi connectivity index (χ3v) is 8.07. The van der Waals surface area contributed by atoms with Crippen LogP contribution in [0.2, 0.25) is 0 Å². The largest absolute Gasteiger partial charge is 0.496 e. The molecule has 5 nitrogen and oxygen atoms in total. The van der Waals surface area contributed by atoms with Crippen molar-refractivity contribution in [1.82, 2.24) is 9.55 Å². The van der Waals surface area contributed by atoms with Crippen molar-refractivity contribution in [2.45, 2.75) is 53.4 Å². The molecule has 0 unspecified atom stereocenters. The molecule has 1 aliphatic carbocycles. The molecular formula is C31H32N2O3S. The monoisotopic (exact) mass is 512 g/mol. The molecule has 1 aliphatic rings. The maximum Gasteiger partial charge on any atom is 0.265 e. The molecule has 0 fully saturated rings. The summed E-state index contributed by atoms with van der Waals surface area (Å²) in [5.41, 5.74) is 6.31. The van der Waals surface area contributed by atoms with Gasteiger partial charge in [-0.1, -0.05) is 58.0 Å². The van der Waals surface area contributed by atoms with E-state index in [1.165, 1.54) is 11.3 Å². The summed E-state index contributed by atoms with van der Waals surface area (Å²) in [6.45, 7) is 8.41. The molecule has 0 saturated heterocycles. The van der Waals surface area contributed by atoms with Gasteiger partial charge >= 0.3 is 0 Å². The van der Waals surface area contributed by atoms with Crippen molar-refractivity contribution < 1.29 is 9.53 Å². The van der Waals surface area contributed by atoms with Crippen LogP contribution in [0.1, 0.15) is 61.3 Å². The summed E-state index contributed by atoms with van der Waals surface area (Å²) in [6.07, 6.45) is 2.70. The summed E-state index contributed by atoms with van der Waals surface area (Å²) < 4.78 is 7.37. The molecule has 37 heavy (non-hydrogen) atoms. The van der Waals surface area contributed by atoms with Gasteiger partial charge in [0.1, 0.15) is 10.8 Å². The van der Waals surface area contributed by atoms with Crippen LogP contribution >= 0.6 is 11.3 Å². The molecule has 0 N–H and O–H groups in total. The molecule has 0 aliphatic heterocycles. The van der Waals surface area contributed by atoms with Crippen LogP contribution < -0.4 is 10.3 Å². The molecule has 0 bridgehead atoms. The topological polar surface area (TPSA) is 61.2 Å². The van der Waals surface area contributed by atoms with Crippen molar-refractivity contribution in [2.24, 2.45) is 5.41 Å². The number of rotatable bonds is 6. The van der Waals surface area contributed by atoms with Crippen LogP contribution in [0.15, 0.2) is 58.7 Å². The zero-order valence-electron chi connectivity index (χ0n) is 22.1. The number of Topliss-reactive ketones (excluding diaryl/α,β-unsaturated/α-hetero) is 1. The first-order valence-electron chi connectivity index (χ1n) is 12.8. The Morgan fingerprint density at radius 1 is 0.946 bits per heavy atom. The molecule has 4 aromatic rings. The number of aromatic nitrogens is 2. The van der Waals surface area contributed by atoms with Crippen LogP contribution in [0.5, 0.6) is 5.75 Å². The SMILES string of the molecule is CCc1cccc(CC)c1-n1c2c(cc(-c3nc(-c4ccccc4OC)cs3)c1=O)C(=O)CC(C)(C)C2. The smallest absolute Gasteiger partial charge is 0.265 e. The average Bonchev–Trinajstić information content (AvgIpc) is 3.37. The molecule has 190 valence electrons. The molecule has 2 heterocycles. The Morgan fingerprint density at radius 2 is 1.65 bits per heavy atom. The second-order valence-corrected chi connectivity index (χ2v) is 11.2. The minimum Gasteiger partial charge on any atom is -0.496 e. The average molecular weight is 513 g/mol. The molecule has 0 amide bonds. The van der Waals surface area contributed by atoms with Crippen molar-refractivity contribution in [3.8, 4) is 33.3 Å². The van der Waals surface area contributed by atoms with Crippen LogP contribution in [-0.4, -0.2) is 22.4 Å². The first kappa shape index (κ1) is 25.2. The maximum absolute atomic E-state index is 14.4. The van der Waals surface area contributed by atoms with Gasteiger partial charge < -0.3 is 4.74 Å². The number of hydrogen-bond acceptors (Lipinski definition) is 5. The van der Waals surface area contributed by atoms with E-state index in [1.807, 2.05) is 34.2 Å². The quantitative estimate of drug-likeness (QED) is 0.281. The summed E-state index contributed by atoms with van der Waals surface area (Å²) in [5.74, 6) is 0.804. The molecule has 0 atom stereocenters. The molecule has 2 aromatic heterocycles. The highest BCUT2D eigenvalue weighted by atomic mass is 32.1. The van der Waals surface area contributed by atoms with Crippen molar-refractivity contribution in [2.75, 3.05) is 7.11 Å². The van der Waals surface area contributed by atoms with Gasteiger partial charge in [0.25, 0.3) is 5.56 Å². The van der Waals surface area contributed by atoms with E-state index in [9.17, 15) is 9.59 Å². The maximum atomic E-state index is 14.4. The number of benzene rings is 2. The third-order valence-electron chi connectivity index (χ3n) is 7.19. The minimum absolute atomic E-state index is 0.0785. The Hall–Kier alpha value is -3.51. The van der Waals surface area contributed by atoms with Crippen LogP contribution in [-0.2, 0) is 19.3 Å². The van der Waals surface area contributed by atoms with Crippen molar-refractivity contribution >= 4 is 17.1 Å². The van der Waals surface area contributed by atoms with E-state index in [0.717, 1.165) is 52.4 Å². The second-order valence-electron chi connectivity index (χ2n) is 10.4.